The maximum Gasteiger partial charge on any atom is 0.337 e. The van der Waals surface area contributed by atoms with E-state index in [1.807, 2.05) is 24.1 Å². The molecular formula is C37H37F2N7O4. The molecule has 0 atom stereocenters. The molecule has 3 N–H and O–H groups in total. The number of aromatic hydroxyl groups is 1. The summed E-state index contributed by atoms with van der Waals surface area (Å²) >= 11 is 0. The summed E-state index contributed by atoms with van der Waals surface area (Å²) in [6.45, 7) is 1.38. The van der Waals surface area contributed by atoms with Gasteiger partial charge in [-0.05, 0) is 91.9 Å². The van der Waals surface area contributed by atoms with Crippen molar-refractivity contribution in [2.24, 2.45) is 0 Å². The lowest BCUT2D eigenvalue weighted by Crippen LogP contribution is -2.44. The lowest BCUT2D eigenvalue weighted by atomic mass is 9.91. The summed E-state index contributed by atoms with van der Waals surface area (Å²) in [4.78, 5) is 38.9. The molecule has 7 rings (SSSR count). The summed E-state index contributed by atoms with van der Waals surface area (Å²) in [6, 6.07) is 16.2. The van der Waals surface area contributed by atoms with Crippen molar-refractivity contribution in [1.29, 1.82) is 0 Å². The highest BCUT2D eigenvalue weighted by Gasteiger charge is 2.27. The van der Waals surface area contributed by atoms with Crippen molar-refractivity contribution in [2.75, 3.05) is 20.2 Å². The Balaban J connectivity index is 1.19. The quantitative estimate of drug-likeness (QED) is 0.192. The Labute approximate surface area is 285 Å². The fraction of sp³-hybridized carbons (Fsp3) is 0.297. The summed E-state index contributed by atoms with van der Waals surface area (Å²) in [7, 11) is 1.87. The van der Waals surface area contributed by atoms with E-state index in [1.165, 1.54) is 21.4 Å². The number of hydrogen-bond donors (Lipinski definition) is 3. The largest absolute Gasteiger partial charge is 0.508 e. The Bertz CT molecular complexity index is 2310. The normalized spacial score (nSPS) is 16.5. The van der Waals surface area contributed by atoms with Crippen molar-refractivity contribution >= 4 is 16.7 Å². The number of imidazole rings is 1. The molecule has 6 aromatic rings. The zero-order valence-electron chi connectivity index (χ0n) is 27.5. The zero-order chi connectivity index (χ0) is 34.9. The van der Waals surface area contributed by atoms with Crippen molar-refractivity contribution in [3.8, 4) is 22.6 Å². The average Bonchev–Trinajstić information content (AvgIpc) is 3.51. The fourth-order valence-electron chi connectivity index (χ4n) is 6.97. The number of nitrogens with one attached hydrogen (secondary N) is 1. The first-order valence-corrected chi connectivity index (χ1v) is 16.6. The number of halogens is 2. The third kappa shape index (κ3) is 6.67. The van der Waals surface area contributed by atoms with Crippen LogP contribution in [0.15, 0.2) is 88.8 Å². The van der Waals surface area contributed by atoms with Crippen molar-refractivity contribution in [3.63, 3.8) is 0 Å². The van der Waals surface area contributed by atoms with Gasteiger partial charge in [-0.25, -0.2) is 28.1 Å². The summed E-state index contributed by atoms with van der Waals surface area (Å²) in [5.41, 5.74) is 3.22. The molecule has 1 saturated carbocycles. The average molecular weight is 682 g/mol. The molecule has 2 aromatic carbocycles. The van der Waals surface area contributed by atoms with Gasteiger partial charge in [0, 0.05) is 44.1 Å². The van der Waals surface area contributed by atoms with Gasteiger partial charge in [-0.3, -0.25) is 14.3 Å². The van der Waals surface area contributed by atoms with E-state index in [0.717, 1.165) is 34.6 Å². The molecule has 50 heavy (non-hydrogen) atoms. The first kappa shape index (κ1) is 33.3. The number of rotatable bonds is 10. The minimum absolute atomic E-state index is 0.00878. The van der Waals surface area contributed by atoms with Crippen LogP contribution >= 0.6 is 0 Å². The smallest absolute Gasteiger partial charge is 0.337 e. The third-order valence-electron chi connectivity index (χ3n) is 9.42. The molecule has 0 saturated heterocycles. The summed E-state index contributed by atoms with van der Waals surface area (Å²) in [5, 5.41) is 23.2. The molecule has 258 valence electrons. The second-order valence-corrected chi connectivity index (χ2v) is 12.9. The predicted octanol–water partition coefficient (Wildman–Crippen LogP) is 4.54. The third-order valence-corrected chi connectivity index (χ3v) is 9.42. The first-order valence-electron chi connectivity index (χ1n) is 16.6. The highest BCUT2D eigenvalue weighted by molar-refractivity contribution is 5.77. The van der Waals surface area contributed by atoms with Gasteiger partial charge in [0.05, 0.1) is 29.6 Å². The topological polar surface area (TPSA) is 130 Å². The Morgan fingerprint density at radius 3 is 2.60 bits per heavy atom. The molecular weight excluding hydrogens is 644 g/mol. The van der Waals surface area contributed by atoms with Gasteiger partial charge in [0.1, 0.15) is 23.0 Å². The Kier molecular flexibility index (Phi) is 9.27. The van der Waals surface area contributed by atoms with Crippen LogP contribution in [0.25, 0.3) is 33.5 Å². The van der Waals surface area contributed by atoms with Crippen LogP contribution in [0.5, 0.6) is 5.75 Å². The van der Waals surface area contributed by atoms with E-state index in [4.69, 9.17) is 0 Å². The molecule has 0 spiro atoms. The number of nitrogens with zero attached hydrogens (tertiary/aromatic N) is 6. The number of aliphatic hydroxyl groups is 1. The number of fused-ring (bicyclic) bond motifs is 2. The number of aromatic nitrogens is 5. The van der Waals surface area contributed by atoms with Gasteiger partial charge in [-0.15, -0.1) is 0 Å². The number of benzene rings is 2. The van der Waals surface area contributed by atoms with Crippen molar-refractivity contribution in [3.05, 3.63) is 123 Å². The summed E-state index contributed by atoms with van der Waals surface area (Å²) in [6.07, 6.45) is 6.66. The molecule has 1 aliphatic rings. The van der Waals surface area contributed by atoms with Gasteiger partial charge in [0.25, 0.3) is 5.56 Å². The molecule has 0 aliphatic heterocycles. The Morgan fingerprint density at radius 2 is 1.80 bits per heavy atom. The van der Waals surface area contributed by atoms with Gasteiger partial charge in [0.2, 0.25) is 0 Å². The fourth-order valence-corrected chi connectivity index (χ4v) is 6.97. The molecule has 4 heterocycles. The van der Waals surface area contributed by atoms with Gasteiger partial charge < -0.3 is 19.9 Å². The lowest BCUT2D eigenvalue weighted by Gasteiger charge is -2.30. The van der Waals surface area contributed by atoms with E-state index < -0.39 is 23.1 Å². The van der Waals surface area contributed by atoms with E-state index in [-0.39, 0.29) is 35.2 Å². The monoisotopic (exact) mass is 681 g/mol. The minimum Gasteiger partial charge on any atom is -0.508 e. The highest BCUT2D eigenvalue weighted by Crippen LogP contribution is 2.31. The molecule has 0 amide bonds. The van der Waals surface area contributed by atoms with Crippen molar-refractivity contribution in [1.82, 2.24) is 33.7 Å². The van der Waals surface area contributed by atoms with Crippen LogP contribution in [0, 0.1) is 11.6 Å². The van der Waals surface area contributed by atoms with E-state index >= 15 is 0 Å². The zero-order valence-corrected chi connectivity index (χ0v) is 27.5. The SMILES string of the molecule is CN(CCO)Cc1cc(O)ccc1-c1cccc(-n2c(=O)n([C@H]3CC[C@@H](NCc4cn5cc(F)ccc5n4)CC3)c(=O)c3cc(F)cnc32)c1. The van der Waals surface area contributed by atoms with Crippen molar-refractivity contribution in [2.45, 2.75) is 50.9 Å². The van der Waals surface area contributed by atoms with Gasteiger partial charge >= 0.3 is 5.69 Å². The van der Waals surface area contributed by atoms with Gasteiger partial charge in [-0.2, -0.15) is 0 Å². The molecule has 13 heteroatoms. The summed E-state index contributed by atoms with van der Waals surface area (Å²) in [5.74, 6) is -0.912. The van der Waals surface area contributed by atoms with Crippen LogP contribution in [0.2, 0.25) is 0 Å². The number of likely N-dealkylation sites (N-methyl/N-ethyl adjacent to an activating group) is 1. The molecule has 1 aliphatic carbocycles. The van der Waals surface area contributed by atoms with E-state index in [0.29, 0.717) is 56.7 Å². The number of phenols is 1. The second kappa shape index (κ2) is 13.9. The Hall–Kier alpha value is -5.24. The van der Waals surface area contributed by atoms with Gasteiger partial charge in [-0.1, -0.05) is 18.2 Å². The number of pyridine rings is 2. The van der Waals surface area contributed by atoms with Crippen LogP contribution in [-0.2, 0) is 13.1 Å². The molecule has 0 unspecified atom stereocenters. The number of aliphatic hydroxyl groups excluding tert-OH is 1. The molecule has 4 aromatic heterocycles. The summed E-state index contributed by atoms with van der Waals surface area (Å²) < 4.78 is 32.4. The molecule has 1 fully saturated rings. The van der Waals surface area contributed by atoms with E-state index in [2.05, 4.69) is 15.3 Å². The van der Waals surface area contributed by atoms with Crippen LogP contribution in [0.4, 0.5) is 8.78 Å². The molecule has 11 nitrogen and oxygen atoms in total. The van der Waals surface area contributed by atoms with Crippen molar-refractivity contribution < 1.29 is 19.0 Å². The van der Waals surface area contributed by atoms with Crippen LogP contribution in [-0.4, -0.2) is 64.9 Å². The van der Waals surface area contributed by atoms with E-state index in [1.54, 1.807) is 47.0 Å². The lowest BCUT2D eigenvalue weighted by molar-refractivity contribution is 0.217. The van der Waals surface area contributed by atoms with Crippen LogP contribution in [0.1, 0.15) is 43.0 Å². The number of hydrogen-bond acceptors (Lipinski definition) is 8. The Morgan fingerprint density at radius 1 is 0.980 bits per heavy atom. The minimum atomic E-state index is -0.677. The first-order chi connectivity index (χ1) is 24.2. The standard InChI is InChI=1S/C37H37F2N7O4/c1-43(13-14-47)20-24-16-31(48)10-11-32(24)23-3-2-4-30(15-23)45-35-33(17-26(39)18-41-35)36(49)46(37(45)50)29-8-6-27(7-9-29)40-19-28-22-44-21-25(38)5-12-34(44)42-28/h2-5,10-12,15-18,21-22,27,29,40,47-48H,6-9,13-14,19-20H2,1H3/t27-,29+. The van der Waals surface area contributed by atoms with E-state index in [9.17, 15) is 28.6 Å². The highest BCUT2D eigenvalue weighted by atomic mass is 19.1. The second-order valence-electron chi connectivity index (χ2n) is 12.9. The maximum absolute atomic E-state index is 14.5. The molecule has 0 bridgehead atoms. The maximum atomic E-state index is 14.5. The number of phenolic OH excluding ortho intramolecular Hbond substituents is 1. The predicted molar refractivity (Wildman–Crippen MR) is 185 cm³/mol. The van der Waals surface area contributed by atoms with Gasteiger partial charge in [0.15, 0.2) is 5.65 Å². The van der Waals surface area contributed by atoms with Crippen LogP contribution < -0.4 is 16.6 Å². The van der Waals surface area contributed by atoms with Crippen LogP contribution in [0.3, 0.4) is 0 Å². The molecule has 0 radical (unpaired) electrons.